The fourth-order valence-corrected chi connectivity index (χ4v) is 2.15. The van der Waals surface area contributed by atoms with Crippen LogP contribution in [0.25, 0.3) is 0 Å². The highest BCUT2D eigenvalue weighted by molar-refractivity contribution is 7.99. The largest absolute Gasteiger partial charge is 0.497 e. The number of nitrogens with zero attached hydrogens (tertiary/aromatic N) is 1. The number of rotatable bonds is 4. The molecule has 0 saturated carbocycles. The van der Waals surface area contributed by atoms with Crippen LogP contribution >= 0.6 is 11.8 Å². The van der Waals surface area contributed by atoms with Gasteiger partial charge in [0.05, 0.1) is 13.7 Å². The predicted molar refractivity (Wildman–Crippen MR) is 67.3 cm³/mol. The Morgan fingerprint density at radius 1 is 1.29 bits per heavy atom. The number of ether oxygens (including phenoxy) is 1. The molecule has 88 valence electrons. The molecule has 0 saturated heterocycles. The maximum absolute atomic E-state index is 8.92. The summed E-state index contributed by atoms with van der Waals surface area (Å²) in [5.74, 6) is 0.835. The highest BCUT2D eigenvalue weighted by atomic mass is 32.2. The molecule has 4 heteroatoms. The van der Waals surface area contributed by atoms with E-state index in [4.69, 9.17) is 9.84 Å². The van der Waals surface area contributed by atoms with E-state index in [0.29, 0.717) is 0 Å². The van der Waals surface area contributed by atoms with Crippen LogP contribution < -0.4 is 4.74 Å². The van der Waals surface area contributed by atoms with Gasteiger partial charge < -0.3 is 9.84 Å². The van der Waals surface area contributed by atoms with Gasteiger partial charge in [0.15, 0.2) is 0 Å². The maximum atomic E-state index is 8.92. The molecule has 2 aromatic rings. The Hall–Kier alpha value is -1.52. The summed E-state index contributed by atoms with van der Waals surface area (Å²) in [6, 6.07) is 11.6. The second-order valence-electron chi connectivity index (χ2n) is 3.44. The lowest BCUT2D eigenvalue weighted by molar-refractivity contribution is 0.281. The zero-order valence-corrected chi connectivity index (χ0v) is 10.3. The minimum atomic E-state index is 0.0249. The van der Waals surface area contributed by atoms with Gasteiger partial charge >= 0.3 is 0 Å². The summed E-state index contributed by atoms with van der Waals surface area (Å²) in [6.07, 6.45) is 1.68. The van der Waals surface area contributed by atoms with E-state index in [0.717, 1.165) is 21.2 Å². The number of hydrogen-bond acceptors (Lipinski definition) is 4. The molecule has 0 atom stereocenters. The molecule has 0 aliphatic carbocycles. The van der Waals surface area contributed by atoms with E-state index >= 15 is 0 Å². The van der Waals surface area contributed by atoms with Gasteiger partial charge in [0.2, 0.25) is 0 Å². The molecular weight excluding hydrogens is 234 g/mol. The molecule has 1 N–H and O–H groups in total. The summed E-state index contributed by atoms with van der Waals surface area (Å²) in [5.41, 5.74) is 0.819. The summed E-state index contributed by atoms with van der Waals surface area (Å²) in [6.45, 7) is 0.0249. The van der Waals surface area contributed by atoms with Crippen LogP contribution in [0, 0.1) is 0 Å². The lowest BCUT2D eigenvalue weighted by atomic mass is 10.3. The first-order valence-corrected chi connectivity index (χ1v) is 6.01. The SMILES string of the molecule is COc1cccc(Sc2ccc(CO)cn2)c1. The monoisotopic (exact) mass is 247 g/mol. The van der Waals surface area contributed by atoms with Crippen LogP contribution in [0.2, 0.25) is 0 Å². The first-order valence-electron chi connectivity index (χ1n) is 5.19. The molecule has 1 aromatic carbocycles. The molecule has 1 aromatic heterocycles. The second-order valence-corrected chi connectivity index (χ2v) is 4.54. The average molecular weight is 247 g/mol. The normalized spacial score (nSPS) is 10.2. The van der Waals surface area contributed by atoms with E-state index in [9.17, 15) is 0 Å². The van der Waals surface area contributed by atoms with E-state index < -0.39 is 0 Å². The molecule has 0 fully saturated rings. The van der Waals surface area contributed by atoms with Crippen molar-refractivity contribution in [3.05, 3.63) is 48.2 Å². The van der Waals surface area contributed by atoms with Crippen molar-refractivity contribution >= 4 is 11.8 Å². The van der Waals surface area contributed by atoms with Crippen LogP contribution in [0.4, 0.5) is 0 Å². The summed E-state index contributed by atoms with van der Waals surface area (Å²) in [4.78, 5) is 5.34. The van der Waals surface area contributed by atoms with Gasteiger partial charge in [0.1, 0.15) is 10.8 Å². The van der Waals surface area contributed by atoms with Crippen LogP contribution in [0.5, 0.6) is 5.75 Å². The van der Waals surface area contributed by atoms with Crippen molar-refractivity contribution in [2.45, 2.75) is 16.5 Å². The van der Waals surface area contributed by atoms with Gasteiger partial charge in [-0.3, -0.25) is 0 Å². The van der Waals surface area contributed by atoms with Crippen LogP contribution in [-0.2, 0) is 6.61 Å². The summed E-state index contributed by atoms with van der Waals surface area (Å²) in [5, 5.41) is 9.82. The van der Waals surface area contributed by atoms with Crippen molar-refractivity contribution in [2.75, 3.05) is 7.11 Å². The quantitative estimate of drug-likeness (QED) is 0.902. The van der Waals surface area contributed by atoms with E-state index in [-0.39, 0.29) is 6.61 Å². The number of aliphatic hydroxyl groups excluding tert-OH is 1. The molecule has 0 bridgehead atoms. The van der Waals surface area contributed by atoms with Crippen LogP contribution in [-0.4, -0.2) is 17.2 Å². The standard InChI is InChI=1S/C13H13NO2S/c1-16-11-3-2-4-12(7-11)17-13-6-5-10(9-15)8-14-13/h2-8,15H,9H2,1H3. The fourth-order valence-electron chi connectivity index (χ4n) is 1.35. The molecule has 0 aliphatic rings. The fraction of sp³-hybridized carbons (Fsp3) is 0.154. The van der Waals surface area contributed by atoms with E-state index in [1.807, 2.05) is 36.4 Å². The van der Waals surface area contributed by atoms with Gasteiger partial charge in [-0.2, -0.15) is 0 Å². The van der Waals surface area contributed by atoms with E-state index in [1.54, 1.807) is 25.1 Å². The molecule has 0 radical (unpaired) electrons. The zero-order chi connectivity index (χ0) is 12.1. The molecule has 0 aliphatic heterocycles. The first-order chi connectivity index (χ1) is 8.31. The Morgan fingerprint density at radius 3 is 2.82 bits per heavy atom. The van der Waals surface area contributed by atoms with Crippen molar-refractivity contribution in [3.63, 3.8) is 0 Å². The first kappa shape index (κ1) is 12.0. The third kappa shape index (κ3) is 3.22. The van der Waals surface area contributed by atoms with Gasteiger partial charge in [0, 0.05) is 11.1 Å². The molecule has 0 unspecified atom stereocenters. The Kier molecular flexibility index (Phi) is 4.01. The number of benzene rings is 1. The maximum Gasteiger partial charge on any atom is 0.119 e. The van der Waals surface area contributed by atoms with Crippen LogP contribution in [0.1, 0.15) is 5.56 Å². The third-order valence-corrected chi connectivity index (χ3v) is 3.18. The Bertz CT molecular complexity index is 485. The highest BCUT2D eigenvalue weighted by Gasteiger charge is 2.00. The minimum absolute atomic E-state index is 0.0249. The average Bonchev–Trinajstić information content (AvgIpc) is 2.40. The molecule has 17 heavy (non-hydrogen) atoms. The number of pyridine rings is 1. The van der Waals surface area contributed by atoms with Gasteiger partial charge in [0.25, 0.3) is 0 Å². The summed E-state index contributed by atoms with van der Waals surface area (Å²) < 4.78 is 5.16. The van der Waals surface area contributed by atoms with Crippen molar-refractivity contribution in [1.29, 1.82) is 0 Å². The Morgan fingerprint density at radius 2 is 2.18 bits per heavy atom. The second kappa shape index (κ2) is 5.70. The third-order valence-electron chi connectivity index (χ3n) is 2.24. The number of aliphatic hydroxyl groups is 1. The summed E-state index contributed by atoms with van der Waals surface area (Å²) in [7, 11) is 1.65. The van der Waals surface area contributed by atoms with Crippen molar-refractivity contribution in [2.24, 2.45) is 0 Å². The number of aromatic nitrogens is 1. The molecule has 2 rings (SSSR count). The molecule has 0 amide bonds. The van der Waals surface area contributed by atoms with Crippen LogP contribution in [0.3, 0.4) is 0 Å². The lowest BCUT2D eigenvalue weighted by Crippen LogP contribution is -1.86. The topological polar surface area (TPSA) is 42.4 Å². The Balaban J connectivity index is 2.13. The number of methoxy groups -OCH3 is 1. The van der Waals surface area contributed by atoms with Crippen molar-refractivity contribution < 1.29 is 9.84 Å². The highest BCUT2D eigenvalue weighted by Crippen LogP contribution is 2.28. The van der Waals surface area contributed by atoms with E-state index in [1.165, 1.54) is 0 Å². The Labute approximate surface area is 104 Å². The predicted octanol–water partition coefficient (Wildman–Crippen LogP) is 2.73. The summed E-state index contributed by atoms with van der Waals surface area (Å²) >= 11 is 1.56. The molecule has 1 heterocycles. The zero-order valence-electron chi connectivity index (χ0n) is 9.46. The van der Waals surface area contributed by atoms with Crippen molar-refractivity contribution in [1.82, 2.24) is 4.98 Å². The van der Waals surface area contributed by atoms with Gasteiger partial charge in [-0.25, -0.2) is 4.98 Å². The van der Waals surface area contributed by atoms with Gasteiger partial charge in [-0.1, -0.05) is 23.9 Å². The van der Waals surface area contributed by atoms with Crippen LogP contribution in [0.15, 0.2) is 52.5 Å². The molecule has 0 spiro atoms. The molecular formula is C13H13NO2S. The van der Waals surface area contributed by atoms with Gasteiger partial charge in [-0.15, -0.1) is 0 Å². The van der Waals surface area contributed by atoms with E-state index in [2.05, 4.69) is 4.98 Å². The molecule has 3 nitrogen and oxygen atoms in total. The van der Waals surface area contributed by atoms with Crippen molar-refractivity contribution in [3.8, 4) is 5.75 Å². The smallest absolute Gasteiger partial charge is 0.119 e. The van der Waals surface area contributed by atoms with Gasteiger partial charge in [-0.05, 0) is 29.8 Å². The minimum Gasteiger partial charge on any atom is -0.497 e. The number of hydrogen-bond donors (Lipinski definition) is 1. The lowest BCUT2D eigenvalue weighted by Gasteiger charge is -2.04.